The summed E-state index contributed by atoms with van der Waals surface area (Å²) in [4.78, 5) is 14.7. The van der Waals surface area contributed by atoms with Gasteiger partial charge in [0.05, 0.1) is 23.9 Å². The largest absolute Gasteiger partial charge is 0.507 e. The summed E-state index contributed by atoms with van der Waals surface area (Å²) in [6.45, 7) is 0.157. The first-order valence-electron chi connectivity index (χ1n) is 9.09. The molecule has 156 valence electrons. The van der Waals surface area contributed by atoms with Crippen LogP contribution in [-0.2, 0) is 11.3 Å². The van der Waals surface area contributed by atoms with Crippen LogP contribution in [0.1, 0.15) is 16.9 Å². The summed E-state index contributed by atoms with van der Waals surface area (Å²) in [7, 11) is 0. The summed E-state index contributed by atoms with van der Waals surface area (Å²) < 4.78 is 20.2. The summed E-state index contributed by atoms with van der Waals surface area (Å²) in [5.74, 6) is -0.129. The molecule has 2 aromatic carbocycles. The molecule has 1 saturated heterocycles. The molecule has 0 bridgehead atoms. The monoisotopic (exact) mass is 499 g/mol. The highest BCUT2D eigenvalue weighted by molar-refractivity contribution is 9.10. The molecule has 0 aliphatic carbocycles. The molecule has 0 atom stereocenters. The summed E-state index contributed by atoms with van der Waals surface area (Å²) in [5.41, 5.74) is 0.771. The van der Waals surface area contributed by atoms with Crippen LogP contribution in [0.5, 0.6) is 5.75 Å². The highest BCUT2D eigenvalue weighted by Crippen LogP contribution is 2.34. The summed E-state index contributed by atoms with van der Waals surface area (Å²) in [6.07, 6.45) is 4.40. The van der Waals surface area contributed by atoms with Crippen LogP contribution >= 0.6 is 27.7 Å². The van der Waals surface area contributed by atoms with Crippen LogP contribution in [0.4, 0.5) is 4.39 Å². The number of thioether (sulfide) groups is 1. The number of amides is 1. The van der Waals surface area contributed by atoms with E-state index in [0.29, 0.717) is 27.0 Å². The first-order valence-corrected chi connectivity index (χ1v) is 10.7. The predicted molar refractivity (Wildman–Crippen MR) is 122 cm³/mol. The first-order chi connectivity index (χ1) is 15.0. The van der Waals surface area contributed by atoms with Crippen molar-refractivity contribution in [3.05, 3.63) is 92.9 Å². The van der Waals surface area contributed by atoms with Crippen LogP contribution in [0.2, 0.25) is 0 Å². The molecule has 3 aromatic rings. The summed E-state index contributed by atoms with van der Waals surface area (Å²) >= 11 is 4.42. The molecule has 1 aliphatic heterocycles. The Labute approximate surface area is 189 Å². The lowest BCUT2D eigenvalue weighted by atomic mass is 10.2. The molecule has 0 unspecified atom stereocenters. The van der Waals surface area contributed by atoms with Crippen LogP contribution < -0.4 is 0 Å². The number of amidine groups is 1. The minimum Gasteiger partial charge on any atom is -0.507 e. The van der Waals surface area contributed by atoms with Crippen LogP contribution in [0.3, 0.4) is 0 Å². The van der Waals surface area contributed by atoms with Crippen LogP contribution in [0.15, 0.2) is 84.9 Å². The van der Waals surface area contributed by atoms with E-state index in [1.807, 2.05) is 0 Å². The fraction of sp³-hybridized carbons (Fsp3) is 0.0455. The van der Waals surface area contributed by atoms with Gasteiger partial charge in [0.2, 0.25) is 0 Å². The maximum Gasteiger partial charge on any atom is 0.267 e. The fourth-order valence-electron chi connectivity index (χ4n) is 2.78. The molecule has 1 aromatic heterocycles. The second kappa shape index (κ2) is 9.32. The Morgan fingerprint density at radius 1 is 1.16 bits per heavy atom. The topological polar surface area (TPSA) is 78.4 Å². The molecule has 9 heteroatoms. The van der Waals surface area contributed by atoms with Crippen molar-refractivity contribution >= 4 is 51.1 Å². The Kier molecular flexibility index (Phi) is 6.34. The number of phenols is 1. The van der Waals surface area contributed by atoms with E-state index in [-0.39, 0.29) is 18.2 Å². The van der Waals surface area contributed by atoms with Crippen LogP contribution in [0, 0.1) is 5.82 Å². The fourth-order valence-corrected chi connectivity index (χ4v) is 4.09. The third-order valence-electron chi connectivity index (χ3n) is 4.30. The lowest BCUT2D eigenvalue weighted by molar-refractivity contribution is -0.122. The second-order valence-electron chi connectivity index (χ2n) is 6.43. The Morgan fingerprint density at radius 3 is 2.77 bits per heavy atom. The molecule has 2 heterocycles. The Hall–Kier alpha value is -3.17. The van der Waals surface area contributed by atoms with E-state index in [4.69, 9.17) is 4.42 Å². The number of rotatable bonds is 5. The number of furan rings is 1. The molecule has 0 spiro atoms. The maximum atomic E-state index is 14.1. The van der Waals surface area contributed by atoms with Gasteiger partial charge in [0, 0.05) is 15.6 Å². The van der Waals surface area contributed by atoms with E-state index in [0.717, 1.165) is 16.2 Å². The minimum absolute atomic E-state index is 0.0508. The average molecular weight is 500 g/mol. The molecular weight excluding hydrogens is 485 g/mol. The summed E-state index contributed by atoms with van der Waals surface area (Å²) in [6, 6.07) is 14.6. The van der Waals surface area contributed by atoms with Crippen molar-refractivity contribution in [1.29, 1.82) is 0 Å². The number of carbonyl (C=O) groups is 1. The van der Waals surface area contributed by atoms with Gasteiger partial charge in [-0.3, -0.25) is 9.69 Å². The van der Waals surface area contributed by atoms with Crippen molar-refractivity contribution < 1.29 is 18.7 Å². The number of phenolic OH excluding ortho intramolecular Hbond substituents is 1. The highest BCUT2D eigenvalue weighted by Gasteiger charge is 2.34. The third-order valence-corrected chi connectivity index (χ3v) is 5.79. The molecule has 0 saturated carbocycles. The van der Waals surface area contributed by atoms with Gasteiger partial charge in [0.25, 0.3) is 5.91 Å². The average Bonchev–Trinajstić information content (AvgIpc) is 3.36. The Bertz CT molecular complexity index is 1210. The second-order valence-corrected chi connectivity index (χ2v) is 8.36. The van der Waals surface area contributed by atoms with Gasteiger partial charge >= 0.3 is 0 Å². The normalized spacial score (nSPS) is 16.8. The van der Waals surface area contributed by atoms with E-state index in [2.05, 4.69) is 26.1 Å². The molecular formula is C22H15BrFN3O3S. The van der Waals surface area contributed by atoms with Gasteiger partial charge in [0.1, 0.15) is 17.3 Å². The van der Waals surface area contributed by atoms with E-state index in [9.17, 15) is 14.3 Å². The van der Waals surface area contributed by atoms with Crippen molar-refractivity contribution in [1.82, 2.24) is 4.90 Å². The summed E-state index contributed by atoms with van der Waals surface area (Å²) in [5, 5.41) is 18.5. The molecule has 6 nitrogen and oxygen atoms in total. The lowest BCUT2D eigenvalue weighted by Crippen LogP contribution is -2.28. The third kappa shape index (κ3) is 4.95. The maximum absolute atomic E-state index is 14.1. The molecule has 1 aliphatic rings. The van der Waals surface area contributed by atoms with Crippen LogP contribution in [-0.4, -0.2) is 27.3 Å². The number of nitrogens with zero attached hydrogens (tertiary/aromatic N) is 3. The predicted octanol–water partition coefficient (Wildman–Crippen LogP) is 5.39. The zero-order valence-electron chi connectivity index (χ0n) is 15.9. The Balaban J connectivity index is 1.65. The minimum atomic E-state index is -0.422. The molecule has 0 radical (unpaired) electrons. The highest BCUT2D eigenvalue weighted by atomic mass is 79.9. The zero-order valence-corrected chi connectivity index (χ0v) is 18.3. The van der Waals surface area contributed by atoms with Crippen molar-refractivity contribution in [2.75, 3.05) is 0 Å². The van der Waals surface area contributed by atoms with Gasteiger partial charge in [-0.1, -0.05) is 34.1 Å². The van der Waals surface area contributed by atoms with Gasteiger partial charge in [-0.15, -0.1) is 5.10 Å². The standard InChI is InChI=1S/C22H15BrFN3O3S/c23-16-7-8-19(28)15(10-16)12-25-26-22-27(13-17-5-3-9-30-17)21(29)20(31-22)11-14-4-1-2-6-18(14)24/h1-12,28H,13H2/b20-11-,25-12+,26-22-. The van der Waals surface area contributed by atoms with E-state index in [1.54, 1.807) is 42.5 Å². The van der Waals surface area contributed by atoms with E-state index < -0.39 is 5.82 Å². The molecule has 1 fully saturated rings. The van der Waals surface area contributed by atoms with Gasteiger partial charge in [-0.25, -0.2) is 4.39 Å². The van der Waals surface area contributed by atoms with Crippen LogP contribution in [0.25, 0.3) is 6.08 Å². The van der Waals surface area contributed by atoms with Gasteiger partial charge in [0.15, 0.2) is 5.17 Å². The quantitative estimate of drug-likeness (QED) is 0.289. The molecule has 31 heavy (non-hydrogen) atoms. The number of benzene rings is 2. The van der Waals surface area contributed by atoms with Crippen molar-refractivity contribution in [3.63, 3.8) is 0 Å². The number of hydrogen-bond acceptors (Lipinski definition) is 6. The molecule has 4 rings (SSSR count). The van der Waals surface area contributed by atoms with Crippen molar-refractivity contribution in [2.24, 2.45) is 10.2 Å². The number of hydrogen-bond donors (Lipinski definition) is 1. The Morgan fingerprint density at radius 2 is 2.00 bits per heavy atom. The smallest absolute Gasteiger partial charge is 0.267 e. The van der Waals surface area contributed by atoms with Crippen molar-refractivity contribution in [2.45, 2.75) is 6.54 Å². The van der Waals surface area contributed by atoms with E-state index >= 15 is 0 Å². The number of carbonyl (C=O) groups excluding carboxylic acids is 1. The molecule has 1 amide bonds. The van der Waals surface area contributed by atoms with Gasteiger partial charge in [-0.05, 0) is 54.2 Å². The van der Waals surface area contributed by atoms with Crippen molar-refractivity contribution in [3.8, 4) is 5.75 Å². The number of aromatic hydroxyl groups is 1. The van der Waals surface area contributed by atoms with Gasteiger partial charge in [-0.2, -0.15) is 5.10 Å². The first kappa shape index (κ1) is 21.1. The lowest BCUT2D eigenvalue weighted by Gasteiger charge is -2.12. The zero-order chi connectivity index (χ0) is 21.8. The SMILES string of the molecule is O=C1/C(=C/c2ccccc2F)S/C(=N\N=C\c2cc(Br)ccc2O)N1Cc1ccco1. The number of halogens is 2. The van der Waals surface area contributed by atoms with E-state index in [1.165, 1.54) is 35.6 Å². The molecule has 1 N–H and O–H groups in total. The van der Waals surface area contributed by atoms with Gasteiger partial charge < -0.3 is 9.52 Å².